The fourth-order valence-electron chi connectivity index (χ4n) is 4.14. The van der Waals surface area contributed by atoms with Gasteiger partial charge in [-0.15, -0.1) is 23.1 Å². The number of allylic oxidation sites excluding steroid dienone is 1. The number of carbonyl (C=O) groups is 3. The smallest absolute Gasteiger partial charge is 0.407 e. The number of hydrogen-bond acceptors (Lipinski definition) is 11. The average Bonchev–Trinajstić information content (AvgIpc) is 3.50. The minimum Gasteiger partial charge on any atom is -0.444 e. The first-order valence-electron chi connectivity index (χ1n) is 13.4. The highest BCUT2D eigenvalue weighted by Crippen LogP contribution is 2.34. The zero-order valence-electron chi connectivity index (χ0n) is 23.5. The number of carbonyl (C=O) groups excluding carboxylic acids is 3. The van der Waals surface area contributed by atoms with Crippen LogP contribution in [0.15, 0.2) is 22.5 Å². The van der Waals surface area contributed by atoms with Crippen molar-refractivity contribution in [1.82, 2.24) is 15.6 Å². The number of thiol groups is 1. The second-order valence-electron chi connectivity index (χ2n) is 11.1. The summed E-state index contributed by atoms with van der Waals surface area (Å²) >= 11 is 7.13. The molecule has 3 heterocycles. The molecule has 2 aliphatic heterocycles. The lowest BCUT2D eigenvalue weighted by Gasteiger charge is -2.28. The number of nitrogens with zero attached hydrogens (tertiary/aromatic N) is 2. The van der Waals surface area contributed by atoms with E-state index in [1.54, 1.807) is 26.8 Å². The summed E-state index contributed by atoms with van der Waals surface area (Å²) in [5.41, 5.74) is -0.865. The number of aliphatic hydroxyl groups is 1. The van der Waals surface area contributed by atoms with Crippen LogP contribution in [0.1, 0.15) is 70.5 Å². The van der Waals surface area contributed by atoms with Crippen LogP contribution in [0, 0.1) is 5.92 Å². The van der Waals surface area contributed by atoms with E-state index in [9.17, 15) is 19.5 Å². The van der Waals surface area contributed by atoms with E-state index in [-0.39, 0.29) is 31.1 Å². The van der Waals surface area contributed by atoms with Gasteiger partial charge in [-0.1, -0.05) is 12.2 Å². The Labute approximate surface area is 249 Å². The van der Waals surface area contributed by atoms with E-state index in [0.29, 0.717) is 48.1 Å². The molecule has 13 heteroatoms. The Balaban J connectivity index is 1.80. The number of aliphatic hydroxyl groups excluding tert-OH is 1. The number of aromatic nitrogens is 1. The Hall–Kier alpha value is -1.93. The first kappa shape index (κ1) is 32.6. The Kier molecular flexibility index (Phi) is 12.1. The van der Waals surface area contributed by atoms with Gasteiger partial charge < -0.3 is 25.2 Å². The van der Waals surface area contributed by atoms with Gasteiger partial charge in [0, 0.05) is 30.0 Å². The molecule has 3 N–H and O–H groups in total. The summed E-state index contributed by atoms with van der Waals surface area (Å²) in [6, 6.07) is 0. The van der Waals surface area contributed by atoms with Crippen LogP contribution in [0.4, 0.5) is 4.79 Å². The third-order valence-corrected chi connectivity index (χ3v) is 8.65. The zero-order chi connectivity index (χ0) is 29.3. The average molecular weight is 613 g/mol. The molecule has 222 valence electrons. The standard InChI is InChI=1S/C27H40N4O6S3/c1-26(2,3)37-25(35)28-10-7-8-17-12-20(32)27(4)16-40-23(31-27)19-15-39-22(30-19)14-29-21(33)13-18(36-24(17)34)9-5-6-11-38/h5,9,15,17-18,24,34,38H,6-8,10-14,16H2,1-4H3,(H,28,35)(H,29,33)/b9-5+/t17-,18-,24?,27+/m1/s1. The summed E-state index contributed by atoms with van der Waals surface area (Å²) < 4.78 is 11.3. The van der Waals surface area contributed by atoms with Gasteiger partial charge >= 0.3 is 6.09 Å². The van der Waals surface area contributed by atoms with Crippen LogP contribution in [0.25, 0.3) is 0 Å². The van der Waals surface area contributed by atoms with Crippen LogP contribution in [-0.2, 0) is 25.6 Å². The lowest BCUT2D eigenvalue weighted by molar-refractivity contribution is -0.165. The van der Waals surface area contributed by atoms with Crippen LogP contribution in [-0.4, -0.2) is 74.5 Å². The second-order valence-corrected chi connectivity index (χ2v) is 13.4. The van der Waals surface area contributed by atoms with Gasteiger partial charge in [-0.05, 0) is 52.7 Å². The summed E-state index contributed by atoms with van der Waals surface area (Å²) in [4.78, 5) is 47.7. The molecule has 0 fully saturated rings. The zero-order valence-corrected chi connectivity index (χ0v) is 26.0. The minimum atomic E-state index is -1.31. The summed E-state index contributed by atoms with van der Waals surface area (Å²) in [5, 5.41) is 20.1. The van der Waals surface area contributed by atoms with Gasteiger partial charge in [-0.3, -0.25) is 14.6 Å². The molecular formula is C27H40N4O6S3. The number of hydrogen-bond donors (Lipinski definition) is 4. The normalized spacial score (nSPS) is 26.4. The number of thiazole rings is 1. The molecule has 4 bridgehead atoms. The molecule has 40 heavy (non-hydrogen) atoms. The van der Waals surface area contributed by atoms with Gasteiger partial charge in [-0.2, -0.15) is 12.6 Å². The first-order valence-corrected chi connectivity index (χ1v) is 15.9. The van der Waals surface area contributed by atoms with Crippen molar-refractivity contribution in [2.45, 2.75) is 89.9 Å². The van der Waals surface area contributed by atoms with Gasteiger partial charge in [0.25, 0.3) is 0 Å². The van der Waals surface area contributed by atoms with E-state index < -0.39 is 35.5 Å². The first-order chi connectivity index (χ1) is 18.9. The molecule has 0 saturated carbocycles. The predicted molar refractivity (Wildman–Crippen MR) is 161 cm³/mol. The van der Waals surface area contributed by atoms with E-state index in [1.807, 2.05) is 18.4 Å². The van der Waals surface area contributed by atoms with Crippen molar-refractivity contribution >= 4 is 58.6 Å². The molecule has 10 nitrogen and oxygen atoms in total. The Morgan fingerprint density at radius 2 is 2.15 bits per heavy atom. The quantitative estimate of drug-likeness (QED) is 0.207. The van der Waals surface area contributed by atoms with Crippen LogP contribution >= 0.6 is 35.7 Å². The molecule has 0 spiro atoms. The fourth-order valence-corrected chi connectivity index (χ4v) is 6.24. The van der Waals surface area contributed by atoms with Crippen LogP contribution < -0.4 is 10.6 Å². The largest absolute Gasteiger partial charge is 0.444 e. The van der Waals surface area contributed by atoms with E-state index >= 15 is 0 Å². The Morgan fingerprint density at radius 1 is 1.38 bits per heavy atom. The topological polar surface area (TPSA) is 139 Å². The van der Waals surface area contributed by atoms with Gasteiger partial charge in [0.05, 0.1) is 19.1 Å². The molecule has 0 aliphatic carbocycles. The third-order valence-electron chi connectivity index (χ3n) is 6.26. The number of aliphatic imine (C=N–C) groups is 1. The molecule has 0 radical (unpaired) electrons. The van der Waals surface area contributed by atoms with E-state index in [1.165, 1.54) is 23.1 Å². The fraction of sp³-hybridized carbons (Fsp3) is 0.667. The van der Waals surface area contributed by atoms with Crippen LogP contribution in [0.2, 0.25) is 0 Å². The van der Waals surface area contributed by atoms with E-state index in [4.69, 9.17) is 14.5 Å². The summed E-state index contributed by atoms with van der Waals surface area (Å²) in [5.74, 6) is 0.183. The highest BCUT2D eigenvalue weighted by molar-refractivity contribution is 8.14. The second kappa shape index (κ2) is 14.8. The predicted octanol–water partition coefficient (Wildman–Crippen LogP) is 3.88. The number of Topliss-reactive ketones (excluding diaryl/α,β-unsaturated/α-hetero) is 1. The minimum absolute atomic E-state index is 0.000491. The maximum Gasteiger partial charge on any atom is 0.407 e. The van der Waals surface area contributed by atoms with Crippen molar-refractivity contribution in [1.29, 1.82) is 0 Å². The maximum atomic E-state index is 13.6. The molecule has 4 atom stereocenters. The number of nitrogens with one attached hydrogen (secondary N) is 2. The summed E-state index contributed by atoms with van der Waals surface area (Å²) in [6.45, 7) is 7.74. The molecular weight excluding hydrogens is 573 g/mol. The van der Waals surface area contributed by atoms with Gasteiger partial charge in [0.15, 0.2) is 12.1 Å². The number of amides is 2. The molecule has 2 amide bonds. The number of ketones is 1. The molecule has 3 rings (SSSR count). The van der Waals surface area contributed by atoms with Gasteiger partial charge in [0.1, 0.15) is 26.9 Å². The Bertz CT molecular complexity index is 1100. The highest BCUT2D eigenvalue weighted by Gasteiger charge is 2.40. The molecule has 0 saturated heterocycles. The van der Waals surface area contributed by atoms with Crippen molar-refractivity contribution < 1.29 is 29.0 Å². The molecule has 1 unspecified atom stereocenters. The number of thioether (sulfide) groups is 1. The van der Waals surface area contributed by atoms with Crippen molar-refractivity contribution in [3.8, 4) is 0 Å². The van der Waals surface area contributed by atoms with E-state index in [2.05, 4.69) is 28.2 Å². The summed E-state index contributed by atoms with van der Waals surface area (Å²) in [6.07, 6.45) is 2.67. The molecule has 2 aliphatic rings. The molecule has 1 aromatic heterocycles. The number of rotatable bonds is 7. The third kappa shape index (κ3) is 10.2. The number of fused-ring (bicyclic) bond motifs is 4. The van der Waals surface area contributed by atoms with Crippen molar-refractivity contribution in [2.24, 2.45) is 10.9 Å². The number of ether oxygens (including phenoxy) is 2. The molecule has 1 aromatic rings. The van der Waals surface area contributed by atoms with Gasteiger partial charge in [-0.25, -0.2) is 9.78 Å². The monoisotopic (exact) mass is 612 g/mol. The van der Waals surface area contributed by atoms with E-state index in [0.717, 1.165) is 5.01 Å². The van der Waals surface area contributed by atoms with Crippen molar-refractivity contribution in [2.75, 3.05) is 18.1 Å². The number of alkyl carbamates (subject to hydrolysis) is 1. The van der Waals surface area contributed by atoms with Crippen molar-refractivity contribution in [3.63, 3.8) is 0 Å². The van der Waals surface area contributed by atoms with Gasteiger partial charge in [0.2, 0.25) is 5.91 Å². The molecule has 0 aromatic carbocycles. The maximum absolute atomic E-state index is 13.6. The van der Waals surface area contributed by atoms with Crippen LogP contribution in [0.3, 0.4) is 0 Å². The van der Waals surface area contributed by atoms with Crippen LogP contribution in [0.5, 0.6) is 0 Å². The SMILES string of the molecule is CC(C)(C)OC(=O)NCCC[C@@H]1CC(=O)[C@]2(C)CSC(=N2)c2csc(n2)CNC(=O)C[C@@H](/C=C/CCS)OC1O. The Morgan fingerprint density at radius 3 is 2.88 bits per heavy atom. The van der Waals surface area contributed by atoms with Crippen molar-refractivity contribution in [3.05, 3.63) is 28.2 Å². The lowest BCUT2D eigenvalue weighted by atomic mass is 9.88. The summed E-state index contributed by atoms with van der Waals surface area (Å²) in [7, 11) is 0. The lowest BCUT2D eigenvalue weighted by Crippen LogP contribution is -2.39. The highest BCUT2D eigenvalue weighted by atomic mass is 32.2.